The Labute approximate surface area is 124 Å². The summed E-state index contributed by atoms with van der Waals surface area (Å²) in [5.41, 5.74) is 3.44. The molecule has 5 nitrogen and oxygen atoms in total. The minimum atomic E-state index is -0.0389. The van der Waals surface area contributed by atoms with Gasteiger partial charge in [-0.05, 0) is 50.5 Å². The van der Waals surface area contributed by atoms with Gasteiger partial charge in [-0.25, -0.2) is 4.98 Å². The molecule has 1 N–H and O–H groups in total. The number of H-pyrrole nitrogens is 1. The van der Waals surface area contributed by atoms with Crippen LogP contribution in [0.1, 0.15) is 34.0 Å². The highest BCUT2D eigenvalue weighted by Gasteiger charge is 2.26. The van der Waals surface area contributed by atoms with Crippen LogP contribution in [0.15, 0.2) is 18.2 Å². The molecule has 0 aliphatic carbocycles. The SMILES string of the molecule is COc1ccc2c(c1)CCCN2C(=O)c1nc(C)[nH]c1C. The summed E-state index contributed by atoms with van der Waals surface area (Å²) in [7, 11) is 1.66. The maximum absolute atomic E-state index is 12.8. The van der Waals surface area contributed by atoms with Gasteiger partial charge in [-0.2, -0.15) is 0 Å². The third-order valence-corrected chi connectivity index (χ3v) is 3.86. The Balaban J connectivity index is 1.98. The molecule has 21 heavy (non-hydrogen) atoms. The monoisotopic (exact) mass is 285 g/mol. The number of amides is 1. The molecule has 1 aromatic carbocycles. The number of benzene rings is 1. The zero-order chi connectivity index (χ0) is 15.0. The highest BCUT2D eigenvalue weighted by molar-refractivity contribution is 6.06. The Morgan fingerprint density at radius 3 is 2.86 bits per heavy atom. The van der Waals surface area contributed by atoms with Crippen LogP contribution >= 0.6 is 0 Å². The molecular weight excluding hydrogens is 266 g/mol. The molecule has 2 heterocycles. The number of imidazole rings is 1. The van der Waals surface area contributed by atoms with E-state index in [-0.39, 0.29) is 5.91 Å². The van der Waals surface area contributed by atoms with E-state index in [2.05, 4.69) is 9.97 Å². The zero-order valence-corrected chi connectivity index (χ0v) is 12.6. The number of aryl methyl sites for hydroxylation is 3. The van der Waals surface area contributed by atoms with Crippen molar-refractivity contribution < 1.29 is 9.53 Å². The molecule has 0 saturated heterocycles. The van der Waals surface area contributed by atoms with Gasteiger partial charge < -0.3 is 14.6 Å². The summed E-state index contributed by atoms with van der Waals surface area (Å²) in [6, 6.07) is 5.87. The molecule has 0 bridgehead atoms. The summed E-state index contributed by atoms with van der Waals surface area (Å²) in [6.07, 6.45) is 1.92. The highest BCUT2D eigenvalue weighted by Crippen LogP contribution is 2.31. The van der Waals surface area contributed by atoms with E-state index in [1.807, 2.05) is 36.9 Å². The fourth-order valence-electron chi connectivity index (χ4n) is 2.86. The summed E-state index contributed by atoms with van der Waals surface area (Å²) < 4.78 is 5.26. The number of hydrogen-bond donors (Lipinski definition) is 1. The van der Waals surface area contributed by atoms with Crippen LogP contribution in [0.25, 0.3) is 0 Å². The van der Waals surface area contributed by atoms with Crippen molar-refractivity contribution in [2.24, 2.45) is 0 Å². The van der Waals surface area contributed by atoms with Gasteiger partial charge in [-0.15, -0.1) is 0 Å². The molecule has 1 aliphatic rings. The first-order valence-corrected chi connectivity index (χ1v) is 7.12. The minimum absolute atomic E-state index is 0.0389. The van der Waals surface area contributed by atoms with E-state index in [0.717, 1.165) is 47.9 Å². The molecule has 5 heteroatoms. The quantitative estimate of drug-likeness (QED) is 0.922. The van der Waals surface area contributed by atoms with Gasteiger partial charge in [0.25, 0.3) is 5.91 Å². The van der Waals surface area contributed by atoms with E-state index in [0.29, 0.717) is 5.69 Å². The van der Waals surface area contributed by atoms with Crippen LogP contribution in [0.3, 0.4) is 0 Å². The van der Waals surface area contributed by atoms with Crippen molar-refractivity contribution in [3.63, 3.8) is 0 Å². The predicted octanol–water partition coefficient (Wildman–Crippen LogP) is 2.63. The van der Waals surface area contributed by atoms with Crippen molar-refractivity contribution in [1.82, 2.24) is 9.97 Å². The molecule has 0 saturated carbocycles. The van der Waals surface area contributed by atoms with Crippen LogP contribution in [0, 0.1) is 13.8 Å². The van der Waals surface area contributed by atoms with Crippen molar-refractivity contribution in [2.75, 3.05) is 18.6 Å². The van der Waals surface area contributed by atoms with Gasteiger partial charge in [0.1, 0.15) is 17.3 Å². The van der Waals surface area contributed by atoms with E-state index < -0.39 is 0 Å². The van der Waals surface area contributed by atoms with Gasteiger partial charge >= 0.3 is 0 Å². The molecule has 1 amide bonds. The first-order valence-electron chi connectivity index (χ1n) is 7.12. The summed E-state index contributed by atoms with van der Waals surface area (Å²) in [5.74, 6) is 1.56. The van der Waals surface area contributed by atoms with Gasteiger partial charge in [-0.1, -0.05) is 0 Å². The smallest absolute Gasteiger partial charge is 0.278 e. The number of ether oxygens (including phenoxy) is 1. The molecule has 0 unspecified atom stereocenters. The van der Waals surface area contributed by atoms with Gasteiger partial charge in [-0.3, -0.25) is 4.79 Å². The number of anilines is 1. The van der Waals surface area contributed by atoms with Crippen molar-refractivity contribution >= 4 is 11.6 Å². The lowest BCUT2D eigenvalue weighted by atomic mass is 10.0. The van der Waals surface area contributed by atoms with Crippen LogP contribution < -0.4 is 9.64 Å². The molecule has 1 aromatic heterocycles. The number of carbonyl (C=O) groups excluding carboxylic acids is 1. The van der Waals surface area contributed by atoms with Gasteiger partial charge in [0.2, 0.25) is 0 Å². The van der Waals surface area contributed by atoms with Crippen molar-refractivity contribution in [1.29, 1.82) is 0 Å². The number of nitrogens with one attached hydrogen (secondary N) is 1. The summed E-state index contributed by atoms with van der Waals surface area (Å²) >= 11 is 0. The number of methoxy groups -OCH3 is 1. The average molecular weight is 285 g/mol. The first-order chi connectivity index (χ1) is 10.1. The number of carbonyl (C=O) groups is 1. The second-order valence-corrected chi connectivity index (χ2v) is 5.35. The third-order valence-electron chi connectivity index (χ3n) is 3.86. The van der Waals surface area contributed by atoms with Crippen LogP contribution in [-0.2, 0) is 6.42 Å². The lowest BCUT2D eigenvalue weighted by molar-refractivity contribution is 0.0980. The van der Waals surface area contributed by atoms with Crippen LogP contribution in [0.2, 0.25) is 0 Å². The molecule has 0 fully saturated rings. The van der Waals surface area contributed by atoms with Crippen molar-refractivity contribution in [2.45, 2.75) is 26.7 Å². The van der Waals surface area contributed by atoms with E-state index in [9.17, 15) is 4.79 Å². The molecular formula is C16H19N3O2. The number of fused-ring (bicyclic) bond motifs is 1. The number of rotatable bonds is 2. The summed E-state index contributed by atoms with van der Waals surface area (Å²) in [5, 5.41) is 0. The maximum Gasteiger partial charge on any atom is 0.278 e. The molecule has 0 radical (unpaired) electrons. The number of hydrogen-bond acceptors (Lipinski definition) is 3. The maximum atomic E-state index is 12.8. The molecule has 110 valence electrons. The summed E-state index contributed by atoms with van der Waals surface area (Å²) in [6.45, 7) is 4.47. The van der Waals surface area contributed by atoms with E-state index in [1.54, 1.807) is 7.11 Å². The van der Waals surface area contributed by atoms with Crippen molar-refractivity contribution in [3.8, 4) is 5.75 Å². The molecule has 3 rings (SSSR count). The first kappa shape index (κ1) is 13.7. The Bertz CT molecular complexity index is 691. The second-order valence-electron chi connectivity index (χ2n) is 5.35. The van der Waals surface area contributed by atoms with Crippen LogP contribution in [-0.4, -0.2) is 29.5 Å². The fourth-order valence-corrected chi connectivity index (χ4v) is 2.86. The minimum Gasteiger partial charge on any atom is -0.497 e. The Morgan fingerprint density at radius 2 is 2.19 bits per heavy atom. The second kappa shape index (κ2) is 5.24. The van der Waals surface area contributed by atoms with Crippen LogP contribution in [0.5, 0.6) is 5.75 Å². The Hall–Kier alpha value is -2.30. The van der Waals surface area contributed by atoms with Gasteiger partial charge in [0.15, 0.2) is 0 Å². The van der Waals surface area contributed by atoms with Gasteiger partial charge in [0, 0.05) is 17.9 Å². The normalized spacial score (nSPS) is 14.0. The van der Waals surface area contributed by atoms with Gasteiger partial charge in [0.05, 0.1) is 7.11 Å². The molecule has 1 aliphatic heterocycles. The zero-order valence-electron chi connectivity index (χ0n) is 12.6. The van der Waals surface area contributed by atoms with E-state index >= 15 is 0 Å². The topological polar surface area (TPSA) is 58.2 Å². The largest absolute Gasteiger partial charge is 0.497 e. The number of nitrogens with zero attached hydrogens (tertiary/aromatic N) is 2. The number of aromatic nitrogens is 2. The molecule has 2 aromatic rings. The number of aromatic amines is 1. The molecule has 0 spiro atoms. The predicted molar refractivity (Wildman–Crippen MR) is 81.1 cm³/mol. The lowest BCUT2D eigenvalue weighted by Crippen LogP contribution is -2.36. The third kappa shape index (κ3) is 2.39. The molecule has 0 atom stereocenters. The fraction of sp³-hybridized carbons (Fsp3) is 0.375. The highest BCUT2D eigenvalue weighted by atomic mass is 16.5. The lowest BCUT2D eigenvalue weighted by Gasteiger charge is -2.29. The van der Waals surface area contributed by atoms with E-state index in [4.69, 9.17) is 4.74 Å². The van der Waals surface area contributed by atoms with Crippen LogP contribution in [0.4, 0.5) is 5.69 Å². The van der Waals surface area contributed by atoms with Crippen molar-refractivity contribution in [3.05, 3.63) is 41.0 Å². The summed E-state index contributed by atoms with van der Waals surface area (Å²) in [4.78, 5) is 22.0. The average Bonchev–Trinajstić information content (AvgIpc) is 2.84. The standard InChI is InChI=1S/C16H19N3O2/c1-10-15(18-11(2)17-10)16(20)19-8-4-5-12-9-13(21-3)6-7-14(12)19/h6-7,9H,4-5,8H2,1-3H3,(H,17,18). The Morgan fingerprint density at radius 1 is 1.38 bits per heavy atom. The van der Waals surface area contributed by atoms with E-state index in [1.165, 1.54) is 0 Å². The Kier molecular flexibility index (Phi) is 3.41.